The number of anilines is 1. The number of carbonyl (C=O) groups is 1. The Labute approximate surface area is 217 Å². The van der Waals surface area contributed by atoms with Crippen LogP contribution < -0.4 is 10.1 Å². The van der Waals surface area contributed by atoms with E-state index in [9.17, 15) is 17.8 Å². The van der Waals surface area contributed by atoms with E-state index in [0.717, 1.165) is 31.2 Å². The lowest BCUT2D eigenvalue weighted by molar-refractivity contribution is -0.123. The second-order valence-electron chi connectivity index (χ2n) is 10.9. The number of nitrogens with one attached hydrogen (secondary N) is 1. The topological polar surface area (TPSA) is 92.7 Å². The van der Waals surface area contributed by atoms with Gasteiger partial charge in [0.1, 0.15) is 5.75 Å². The molecule has 0 spiro atoms. The van der Waals surface area contributed by atoms with Crippen molar-refractivity contribution in [3.8, 4) is 5.75 Å². The molecule has 0 aromatic heterocycles. The van der Waals surface area contributed by atoms with Crippen molar-refractivity contribution in [3.05, 3.63) is 53.1 Å². The van der Waals surface area contributed by atoms with Gasteiger partial charge in [-0.15, -0.1) is 0 Å². The van der Waals surface area contributed by atoms with Gasteiger partial charge in [-0.1, -0.05) is 73.1 Å². The number of amides is 1. The van der Waals surface area contributed by atoms with E-state index in [1.807, 2.05) is 6.07 Å². The number of benzene rings is 2. The summed E-state index contributed by atoms with van der Waals surface area (Å²) in [6.07, 6.45) is 3.39. The Kier molecular flexibility index (Phi) is 9.77. The molecule has 0 radical (unpaired) electrons. The van der Waals surface area contributed by atoms with Gasteiger partial charge in [0.15, 0.2) is 6.10 Å². The molecule has 1 amide bonds. The largest absolute Gasteiger partial charge is 0.480 e. The van der Waals surface area contributed by atoms with Crippen LogP contribution in [0.3, 0.4) is 0 Å². The quantitative estimate of drug-likeness (QED) is 0.291. The second-order valence-corrected chi connectivity index (χ2v) is 12.3. The highest BCUT2D eigenvalue weighted by Crippen LogP contribution is 2.39. The van der Waals surface area contributed by atoms with Crippen LogP contribution in [0, 0.1) is 6.92 Å². The van der Waals surface area contributed by atoms with E-state index in [2.05, 4.69) is 65.9 Å². The highest BCUT2D eigenvalue weighted by molar-refractivity contribution is 7.85. The van der Waals surface area contributed by atoms with Crippen molar-refractivity contribution < 1.29 is 22.5 Å². The standard InChI is InChI=1S/C29H43NO5S/c1-9-12-13-25(27(31)30-22-16-14-20(4)26(19-22)36(32,33)34)35-24-17-15-21(28(5,6)10-2)18-23(24)29(7,8)11-3/h14-19,25H,9-13H2,1-8H3,(H,30,31)(H,32,33,34). The molecule has 0 bridgehead atoms. The van der Waals surface area contributed by atoms with Crippen molar-refractivity contribution in [2.45, 2.75) is 109 Å². The molecule has 2 N–H and O–H groups in total. The van der Waals surface area contributed by atoms with E-state index in [1.165, 1.54) is 11.6 Å². The fraction of sp³-hybridized carbons (Fsp3) is 0.552. The highest BCUT2D eigenvalue weighted by atomic mass is 32.2. The maximum Gasteiger partial charge on any atom is 0.294 e. The minimum absolute atomic E-state index is 0.0201. The van der Waals surface area contributed by atoms with Gasteiger partial charge in [-0.25, -0.2) is 0 Å². The first-order chi connectivity index (χ1) is 16.7. The average Bonchev–Trinajstić information content (AvgIpc) is 2.82. The lowest BCUT2D eigenvalue weighted by Crippen LogP contribution is -2.34. The molecular weight excluding hydrogens is 474 g/mol. The van der Waals surface area contributed by atoms with E-state index in [-0.39, 0.29) is 27.3 Å². The third kappa shape index (κ3) is 7.32. The summed E-state index contributed by atoms with van der Waals surface area (Å²) in [4.78, 5) is 13.1. The molecule has 0 fully saturated rings. The summed E-state index contributed by atoms with van der Waals surface area (Å²) in [7, 11) is -4.40. The molecule has 200 valence electrons. The zero-order valence-corrected chi connectivity index (χ0v) is 23.9. The van der Waals surface area contributed by atoms with Crippen LogP contribution >= 0.6 is 0 Å². The van der Waals surface area contributed by atoms with Crippen LogP contribution in [0.5, 0.6) is 5.75 Å². The zero-order valence-electron chi connectivity index (χ0n) is 23.1. The van der Waals surface area contributed by atoms with Crippen molar-refractivity contribution >= 4 is 21.7 Å². The lowest BCUT2D eigenvalue weighted by atomic mass is 9.76. The van der Waals surface area contributed by atoms with Gasteiger partial charge in [0.05, 0.1) is 4.90 Å². The van der Waals surface area contributed by atoms with Crippen LogP contribution in [0.1, 0.15) is 97.3 Å². The monoisotopic (exact) mass is 517 g/mol. The molecule has 6 nitrogen and oxygen atoms in total. The number of rotatable bonds is 12. The molecule has 0 heterocycles. The number of unbranched alkanes of at least 4 members (excludes halogenated alkanes) is 1. The minimum Gasteiger partial charge on any atom is -0.480 e. The summed E-state index contributed by atoms with van der Waals surface area (Å²) in [5.41, 5.74) is 2.87. The molecule has 2 aromatic carbocycles. The van der Waals surface area contributed by atoms with Gasteiger partial charge in [0.25, 0.3) is 16.0 Å². The predicted molar refractivity (Wildman–Crippen MR) is 147 cm³/mol. The van der Waals surface area contributed by atoms with E-state index in [4.69, 9.17) is 4.74 Å². The highest BCUT2D eigenvalue weighted by Gasteiger charge is 2.29. The third-order valence-corrected chi connectivity index (χ3v) is 8.37. The molecule has 1 unspecified atom stereocenters. The summed E-state index contributed by atoms with van der Waals surface area (Å²) in [6.45, 7) is 16.8. The van der Waals surface area contributed by atoms with Crippen LogP contribution in [0.25, 0.3) is 0 Å². The molecule has 7 heteroatoms. The molecule has 0 aliphatic carbocycles. The van der Waals surface area contributed by atoms with Crippen molar-refractivity contribution in [2.75, 3.05) is 5.32 Å². The number of hydrogen-bond acceptors (Lipinski definition) is 4. The molecule has 0 aliphatic rings. The molecule has 0 saturated heterocycles. The summed E-state index contributed by atoms with van der Waals surface area (Å²) in [6, 6.07) is 10.7. The summed E-state index contributed by atoms with van der Waals surface area (Å²) >= 11 is 0. The van der Waals surface area contributed by atoms with E-state index < -0.39 is 16.2 Å². The smallest absolute Gasteiger partial charge is 0.294 e. The van der Waals surface area contributed by atoms with Crippen molar-refractivity contribution in [3.63, 3.8) is 0 Å². The lowest BCUT2D eigenvalue weighted by Gasteiger charge is -2.31. The molecular formula is C29H43NO5S. The Balaban J connectivity index is 2.44. The summed E-state index contributed by atoms with van der Waals surface area (Å²) < 4.78 is 39.3. The van der Waals surface area contributed by atoms with Crippen LogP contribution in [-0.2, 0) is 25.7 Å². The van der Waals surface area contributed by atoms with E-state index in [0.29, 0.717) is 17.7 Å². The number of ether oxygens (including phenoxy) is 1. The first-order valence-electron chi connectivity index (χ1n) is 12.9. The van der Waals surface area contributed by atoms with Crippen LogP contribution in [0.15, 0.2) is 41.3 Å². The number of carbonyl (C=O) groups excluding carboxylic acids is 1. The van der Waals surface area contributed by atoms with Gasteiger partial charge < -0.3 is 10.1 Å². The SMILES string of the molecule is CCCCC(Oc1ccc(C(C)(C)CC)cc1C(C)(C)CC)C(=O)Nc1ccc(C)c(S(=O)(=O)O)c1. The van der Waals surface area contributed by atoms with Crippen LogP contribution in [0.2, 0.25) is 0 Å². The molecule has 2 rings (SSSR count). The average molecular weight is 518 g/mol. The van der Waals surface area contributed by atoms with Crippen molar-refractivity contribution in [1.29, 1.82) is 0 Å². The Morgan fingerprint density at radius 3 is 2.19 bits per heavy atom. The van der Waals surface area contributed by atoms with Gasteiger partial charge in [-0.05, 0) is 72.8 Å². The molecule has 0 aliphatic heterocycles. The Morgan fingerprint density at radius 1 is 1.00 bits per heavy atom. The number of aryl methyl sites for hydroxylation is 1. The minimum atomic E-state index is -4.40. The molecule has 36 heavy (non-hydrogen) atoms. The first kappa shape index (κ1) is 29.8. The molecule has 0 saturated carbocycles. The first-order valence-corrected chi connectivity index (χ1v) is 14.3. The Bertz CT molecular complexity index is 1170. The van der Waals surface area contributed by atoms with Crippen LogP contribution in [0.4, 0.5) is 5.69 Å². The van der Waals surface area contributed by atoms with Crippen molar-refractivity contribution in [2.24, 2.45) is 0 Å². The summed E-state index contributed by atoms with van der Waals surface area (Å²) in [5.74, 6) is 0.336. The molecule has 2 aromatic rings. The van der Waals surface area contributed by atoms with Gasteiger partial charge in [-0.2, -0.15) is 8.42 Å². The van der Waals surface area contributed by atoms with E-state index in [1.54, 1.807) is 19.1 Å². The Morgan fingerprint density at radius 2 is 1.64 bits per heavy atom. The Hall–Kier alpha value is -2.38. The third-order valence-electron chi connectivity index (χ3n) is 7.37. The fourth-order valence-corrected chi connectivity index (χ4v) is 4.69. The fourth-order valence-electron chi connectivity index (χ4n) is 3.94. The maximum absolute atomic E-state index is 13.3. The second kappa shape index (κ2) is 11.8. The van der Waals surface area contributed by atoms with Gasteiger partial charge >= 0.3 is 0 Å². The van der Waals surface area contributed by atoms with Crippen LogP contribution in [-0.4, -0.2) is 25.0 Å². The van der Waals surface area contributed by atoms with Gasteiger partial charge in [0.2, 0.25) is 0 Å². The van der Waals surface area contributed by atoms with E-state index >= 15 is 0 Å². The molecule has 1 atom stereocenters. The normalized spacial score (nSPS) is 13.4. The van der Waals surface area contributed by atoms with Gasteiger partial charge in [0, 0.05) is 11.3 Å². The van der Waals surface area contributed by atoms with Gasteiger partial charge in [-0.3, -0.25) is 9.35 Å². The van der Waals surface area contributed by atoms with Crippen molar-refractivity contribution in [1.82, 2.24) is 0 Å². The zero-order chi connectivity index (χ0) is 27.3. The maximum atomic E-state index is 13.3. The number of hydrogen-bond donors (Lipinski definition) is 2. The predicted octanol–water partition coefficient (Wildman–Crippen LogP) is 7.19. The summed E-state index contributed by atoms with van der Waals surface area (Å²) in [5, 5.41) is 2.79.